The molecule has 5 nitrogen and oxygen atoms in total. The molecule has 1 fully saturated rings. The van der Waals surface area contributed by atoms with Gasteiger partial charge in [0.15, 0.2) is 0 Å². The number of nitrogens with one attached hydrogen (secondary N) is 1. The number of likely N-dealkylation sites (tertiary alicyclic amines) is 1. The normalized spacial score (nSPS) is 13.4. The fourth-order valence-corrected chi connectivity index (χ4v) is 3.91. The van der Waals surface area contributed by atoms with E-state index in [-0.39, 0.29) is 11.8 Å². The van der Waals surface area contributed by atoms with Crippen LogP contribution in [0.3, 0.4) is 0 Å². The summed E-state index contributed by atoms with van der Waals surface area (Å²) < 4.78 is 5.92. The average molecular weight is 429 g/mol. The number of hydrogen-bond donors (Lipinski definition) is 1. The summed E-state index contributed by atoms with van der Waals surface area (Å²) in [5.74, 6) is 0.301. The zero-order valence-electron chi connectivity index (χ0n) is 18.1. The molecule has 32 heavy (non-hydrogen) atoms. The molecule has 1 N–H and O–H groups in total. The molecule has 0 aromatic heterocycles. The summed E-state index contributed by atoms with van der Waals surface area (Å²) in [6.07, 6.45) is 4.02. The van der Waals surface area contributed by atoms with E-state index in [9.17, 15) is 9.59 Å². The highest BCUT2D eigenvalue weighted by Gasteiger charge is 2.19. The Balaban J connectivity index is 1.41. The van der Waals surface area contributed by atoms with Gasteiger partial charge in [-0.1, -0.05) is 48.5 Å². The van der Waals surface area contributed by atoms with Crippen LogP contribution in [0, 0.1) is 0 Å². The van der Waals surface area contributed by atoms with Crippen molar-refractivity contribution < 1.29 is 14.3 Å². The first-order chi connectivity index (χ1) is 15.7. The van der Waals surface area contributed by atoms with Gasteiger partial charge in [-0.2, -0.15) is 0 Å². The van der Waals surface area contributed by atoms with Gasteiger partial charge in [-0.3, -0.25) is 9.59 Å². The molecule has 3 aromatic rings. The smallest absolute Gasteiger partial charge is 0.259 e. The highest BCUT2D eigenvalue weighted by molar-refractivity contribution is 6.06. The van der Waals surface area contributed by atoms with Gasteiger partial charge in [-0.05, 0) is 55.2 Å². The Hall–Kier alpha value is -3.60. The van der Waals surface area contributed by atoms with Crippen molar-refractivity contribution in [3.63, 3.8) is 0 Å². The molecular weight excluding hydrogens is 400 g/mol. The van der Waals surface area contributed by atoms with Crippen LogP contribution in [0.5, 0.6) is 5.75 Å². The van der Waals surface area contributed by atoms with Crippen LogP contribution >= 0.6 is 0 Å². The molecule has 1 aliphatic heterocycles. The lowest BCUT2D eigenvalue weighted by atomic mass is 10.1. The predicted molar refractivity (Wildman–Crippen MR) is 126 cm³/mol. The summed E-state index contributed by atoms with van der Waals surface area (Å²) >= 11 is 0. The van der Waals surface area contributed by atoms with Crippen LogP contribution in [-0.2, 0) is 6.42 Å². The second-order valence-corrected chi connectivity index (χ2v) is 7.97. The van der Waals surface area contributed by atoms with Gasteiger partial charge in [0.05, 0.1) is 12.2 Å². The Morgan fingerprint density at radius 3 is 2.41 bits per heavy atom. The Labute approximate surface area is 189 Å². The zero-order valence-corrected chi connectivity index (χ0v) is 18.1. The maximum Gasteiger partial charge on any atom is 0.259 e. The Kier molecular flexibility index (Phi) is 7.18. The maximum atomic E-state index is 13.0. The van der Waals surface area contributed by atoms with Crippen LogP contribution in [-0.4, -0.2) is 36.4 Å². The Morgan fingerprint density at radius 2 is 1.59 bits per heavy atom. The molecule has 3 aromatic carbocycles. The molecule has 0 bridgehead atoms. The van der Waals surface area contributed by atoms with Gasteiger partial charge in [0.2, 0.25) is 0 Å². The highest BCUT2D eigenvalue weighted by atomic mass is 16.5. The zero-order chi connectivity index (χ0) is 22.2. The summed E-state index contributed by atoms with van der Waals surface area (Å²) in [5, 5.41) is 2.92. The Morgan fingerprint density at radius 1 is 0.844 bits per heavy atom. The van der Waals surface area contributed by atoms with Gasteiger partial charge in [0.25, 0.3) is 11.8 Å². The second kappa shape index (κ2) is 10.6. The van der Waals surface area contributed by atoms with E-state index in [0.717, 1.165) is 32.4 Å². The third-order valence-electron chi connectivity index (χ3n) is 5.63. The topological polar surface area (TPSA) is 58.6 Å². The molecule has 1 heterocycles. The summed E-state index contributed by atoms with van der Waals surface area (Å²) in [6, 6.07) is 24.5. The molecule has 164 valence electrons. The number of carbonyl (C=O) groups excluding carboxylic acids is 2. The molecule has 5 heteroatoms. The first kappa shape index (κ1) is 21.6. The van der Waals surface area contributed by atoms with Gasteiger partial charge in [-0.25, -0.2) is 0 Å². The summed E-state index contributed by atoms with van der Waals surface area (Å²) in [5.41, 5.74) is 2.84. The molecule has 0 aliphatic carbocycles. The molecule has 0 unspecified atom stereocenters. The Bertz CT molecular complexity index is 1060. The van der Waals surface area contributed by atoms with Crippen LogP contribution in [0.4, 0.5) is 5.69 Å². The van der Waals surface area contributed by atoms with Crippen LogP contribution in [0.25, 0.3) is 0 Å². The van der Waals surface area contributed by atoms with Crippen molar-refractivity contribution in [3.05, 3.63) is 95.6 Å². The number of benzene rings is 3. The van der Waals surface area contributed by atoms with E-state index in [2.05, 4.69) is 17.4 Å². The lowest BCUT2D eigenvalue weighted by molar-refractivity contribution is 0.0724. The van der Waals surface area contributed by atoms with Crippen LogP contribution in [0.1, 0.15) is 45.5 Å². The van der Waals surface area contributed by atoms with Gasteiger partial charge >= 0.3 is 0 Å². The van der Waals surface area contributed by atoms with Crippen LogP contribution in [0.2, 0.25) is 0 Å². The fourth-order valence-electron chi connectivity index (χ4n) is 3.91. The molecule has 0 saturated carbocycles. The van der Waals surface area contributed by atoms with Crippen molar-refractivity contribution >= 4 is 17.5 Å². The average Bonchev–Trinajstić information content (AvgIpc) is 2.85. The van der Waals surface area contributed by atoms with Crippen molar-refractivity contribution in [3.8, 4) is 5.75 Å². The van der Waals surface area contributed by atoms with E-state index in [1.807, 2.05) is 35.2 Å². The number of hydrogen-bond acceptors (Lipinski definition) is 3. The van der Waals surface area contributed by atoms with Crippen LogP contribution < -0.4 is 10.1 Å². The van der Waals surface area contributed by atoms with Crippen molar-refractivity contribution in [1.82, 2.24) is 4.90 Å². The molecule has 1 saturated heterocycles. The largest absolute Gasteiger partial charge is 0.492 e. The van der Waals surface area contributed by atoms with Gasteiger partial charge in [0, 0.05) is 30.8 Å². The number of para-hydroxylation sites is 1. The molecule has 0 atom stereocenters. The third kappa shape index (κ3) is 5.55. The molecule has 1 aliphatic rings. The maximum absolute atomic E-state index is 13.0. The number of nitrogens with zero attached hydrogens (tertiary/aromatic N) is 1. The van der Waals surface area contributed by atoms with Crippen molar-refractivity contribution in [2.75, 3.05) is 25.0 Å². The molecule has 2 amide bonds. The number of amides is 2. The number of rotatable bonds is 7. The standard InChI is InChI=1S/C27H28N2O3/c30-26(24-14-5-6-15-25(24)32-19-16-21-10-3-1-4-11-21)28-23-13-9-12-22(20-23)27(31)29-17-7-2-8-18-29/h1,3-6,9-15,20H,2,7-8,16-19H2,(H,28,30). The van der Waals surface area contributed by atoms with E-state index in [1.165, 1.54) is 12.0 Å². The van der Waals surface area contributed by atoms with Crippen molar-refractivity contribution in [2.24, 2.45) is 0 Å². The lowest BCUT2D eigenvalue weighted by Gasteiger charge is -2.26. The first-order valence-electron chi connectivity index (χ1n) is 11.2. The van der Waals surface area contributed by atoms with Gasteiger partial charge < -0.3 is 15.0 Å². The SMILES string of the molecule is O=C(Nc1cccc(C(=O)N2CCCCC2)c1)c1ccccc1OCCc1ccccc1. The van der Waals surface area contributed by atoms with E-state index in [0.29, 0.717) is 29.2 Å². The second-order valence-electron chi connectivity index (χ2n) is 7.97. The first-order valence-corrected chi connectivity index (χ1v) is 11.2. The number of ether oxygens (including phenoxy) is 1. The predicted octanol–water partition coefficient (Wildman–Crippen LogP) is 5.19. The summed E-state index contributed by atoms with van der Waals surface area (Å²) in [4.78, 5) is 27.6. The molecule has 0 spiro atoms. The number of carbonyl (C=O) groups is 2. The number of anilines is 1. The van der Waals surface area contributed by atoms with Crippen molar-refractivity contribution in [2.45, 2.75) is 25.7 Å². The molecule has 4 rings (SSSR count). The summed E-state index contributed by atoms with van der Waals surface area (Å²) in [6.45, 7) is 2.07. The van der Waals surface area contributed by atoms with E-state index in [1.54, 1.807) is 36.4 Å². The van der Waals surface area contributed by atoms with Gasteiger partial charge in [-0.15, -0.1) is 0 Å². The minimum atomic E-state index is -0.261. The minimum Gasteiger partial charge on any atom is -0.492 e. The van der Waals surface area contributed by atoms with Crippen LogP contribution in [0.15, 0.2) is 78.9 Å². The summed E-state index contributed by atoms with van der Waals surface area (Å²) in [7, 11) is 0. The number of piperidine rings is 1. The fraction of sp³-hybridized carbons (Fsp3) is 0.259. The van der Waals surface area contributed by atoms with E-state index < -0.39 is 0 Å². The minimum absolute atomic E-state index is 0.0189. The van der Waals surface area contributed by atoms with E-state index >= 15 is 0 Å². The van der Waals surface area contributed by atoms with E-state index in [4.69, 9.17) is 4.74 Å². The quantitative estimate of drug-likeness (QED) is 0.564. The molecular formula is C27H28N2O3. The molecule has 0 radical (unpaired) electrons. The highest BCUT2D eigenvalue weighted by Crippen LogP contribution is 2.21. The van der Waals surface area contributed by atoms with Crippen molar-refractivity contribution in [1.29, 1.82) is 0 Å². The lowest BCUT2D eigenvalue weighted by Crippen LogP contribution is -2.35. The third-order valence-corrected chi connectivity index (χ3v) is 5.63. The van der Waals surface area contributed by atoms with Gasteiger partial charge in [0.1, 0.15) is 5.75 Å². The monoisotopic (exact) mass is 428 g/mol.